The molecule has 2 N–H and O–H groups in total. The Morgan fingerprint density at radius 1 is 1.15 bits per heavy atom. The summed E-state index contributed by atoms with van der Waals surface area (Å²) in [6.07, 6.45) is 4.93. The van der Waals surface area contributed by atoms with Gasteiger partial charge in [0.1, 0.15) is 11.9 Å². The predicted molar refractivity (Wildman–Crippen MR) is 106 cm³/mol. The van der Waals surface area contributed by atoms with Crippen LogP contribution in [0.5, 0.6) is 5.75 Å². The molecular formula is C21H23N5O. The quantitative estimate of drug-likeness (QED) is 0.542. The van der Waals surface area contributed by atoms with Crippen LogP contribution in [0, 0.1) is 0 Å². The van der Waals surface area contributed by atoms with Gasteiger partial charge < -0.3 is 15.4 Å². The second-order valence-corrected chi connectivity index (χ2v) is 6.49. The van der Waals surface area contributed by atoms with Crippen LogP contribution in [-0.2, 0) is 13.0 Å². The van der Waals surface area contributed by atoms with Crippen LogP contribution in [-0.4, -0.2) is 35.4 Å². The zero-order valence-corrected chi connectivity index (χ0v) is 15.3. The Hall–Kier alpha value is -3.28. The number of aliphatic imine (C=N–C) groups is 1. The minimum atomic E-state index is 0.127. The number of aromatic nitrogens is 2. The molecule has 1 aromatic heterocycles. The van der Waals surface area contributed by atoms with Crippen molar-refractivity contribution in [2.24, 2.45) is 4.99 Å². The molecule has 3 aromatic rings. The van der Waals surface area contributed by atoms with E-state index in [2.05, 4.69) is 26.8 Å². The lowest BCUT2D eigenvalue weighted by Crippen LogP contribution is -2.41. The van der Waals surface area contributed by atoms with Gasteiger partial charge in [0.2, 0.25) is 0 Å². The van der Waals surface area contributed by atoms with E-state index in [9.17, 15) is 0 Å². The Labute approximate surface area is 158 Å². The molecule has 1 atom stereocenters. The zero-order valence-electron chi connectivity index (χ0n) is 15.3. The van der Waals surface area contributed by atoms with E-state index in [4.69, 9.17) is 4.74 Å². The van der Waals surface area contributed by atoms with Crippen LogP contribution < -0.4 is 15.4 Å². The van der Waals surface area contributed by atoms with Gasteiger partial charge in [0, 0.05) is 31.8 Å². The van der Waals surface area contributed by atoms with E-state index in [0.29, 0.717) is 13.1 Å². The molecule has 0 radical (unpaired) electrons. The van der Waals surface area contributed by atoms with Crippen LogP contribution in [0.3, 0.4) is 0 Å². The molecule has 4 rings (SSSR count). The average Bonchev–Trinajstić information content (AvgIpc) is 3.35. The lowest BCUT2D eigenvalue weighted by Gasteiger charge is -2.15. The number of rotatable bonds is 5. The number of nitrogens with one attached hydrogen (secondary N) is 2. The summed E-state index contributed by atoms with van der Waals surface area (Å²) in [6.45, 7) is 1.36. The topological polar surface area (TPSA) is 63.5 Å². The third-order valence-electron chi connectivity index (χ3n) is 4.55. The number of guanidine groups is 1. The third-order valence-corrected chi connectivity index (χ3v) is 4.55. The van der Waals surface area contributed by atoms with E-state index in [1.54, 1.807) is 7.05 Å². The van der Waals surface area contributed by atoms with Crippen molar-refractivity contribution in [1.82, 2.24) is 20.4 Å². The second-order valence-electron chi connectivity index (χ2n) is 6.49. The lowest BCUT2D eigenvalue weighted by molar-refractivity contribution is 0.235. The van der Waals surface area contributed by atoms with E-state index in [-0.39, 0.29) is 6.10 Å². The molecule has 1 unspecified atom stereocenters. The number of hydrogen-bond donors (Lipinski definition) is 2. The standard InChI is InChI=1S/C21H23N5O/c1-22-21(24-14-19-11-17-7-5-6-10-20(17)27-19)23-12-16-13-25-26(15-16)18-8-3-2-4-9-18/h2-10,13,15,19H,11-12,14H2,1H3,(H2,22,23,24). The number of hydrogen-bond acceptors (Lipinski definition) is 3. The molecule has 0 spiro atoms. The Kier molecular flexibility index (Phi) is 5.05. The normalized spacial score (nSPS) is 15.9. The monoisotopic (exact) mass is 361 g/mol. The van der Waals surface area contributed by atoms with Gasteiger partial charge in [-0.05, 0) is 23.8 Å². The first-order valence-electron chi connectivity index (χ1n) is 9.10. The highest BCUT2D eigenvalue weighted by Gasteiger charge is 2.22. The fourth-order valence-corrected chi connectivity index (χ4v) is 3.16. The molecule has 0 fully saturated rings. The maximum Gasteiger partial charge on any atom is 0.191 e. The summed E-state index contributed by atoms with van der Waals surface area (Å²) in [5.41, 5.74) is 3.40. The second kappa shape index (κ2) is 7.95. The van der Waals surface area contributed by atoms with Gasteiger partial charge in [0.15, 0.2) is 5.96 Å². The molecule has 27 heavy (non-hydrogen) atoms. The lowest BCUT2D eigenvalue weighted by atomic mass is 10.1. The van der Waals surface area contributed by atoms with E-state index in [1.165, 1.54) is 5.56 Å². The first-order chi connectivity index (χ1) is 13.3. The van der Waals surface area contributed by atoms with Gasteiger partial charge in [-0.15, -0.1) is 0 Å². The molecule has 2 aromatic carbocycles. The minimum absolute atomic E-state index is 0.127. The van der Waals surface area contributed by atoms with Crippen molar-refractivity contribution in [1.29, 1.82) is 0 Å². The Balaban J connectivity index is 1.27. The highest BCUT2D eigenvalue weighted by Crippen LogP contribution is 2.27. The largest absolute Gasteiger partial charge is 0.488 e. The molecule has 6 heteroatoms. The van der Waals surface area contributed by atoms with E-state index in [1.807, 2.05) is 65.6 Å². The minimum Gasteiger partial charge on any atom is -0.488 e. The SMILES string of the molecule is CN=C(NCc1cnn(-c2ccccc2)c1)NCC1Cc2ccccc2O1. The van der Waals surface area contributed by atoms with Crippen molar-refractivity contribution >= 4 is 5.96 Å². The molecule has 0 saturated heterocycles. The summed E-state index contributed by atoms with van der Waals surface area (Å²) in [7, 11) is 1.77. The zero-order chi connectivity index (χ0) is 18.5. The predicted octanol–water partition coefficient (Wildman–Crippen LogP) is 2.54. The van der Waals surface area contributed by atoms with Gasteiger partial charge in [-0.1, -0.05) is 36.4 Å². The fourth-order valence-electron chi connectivity index (χ4n) is 3.16. The van der Waals surface area contributed by atoms with E-state index < -0.39 is 0 Å². The maximum absolute atomic E-state index is 5.96. The Bertz CT molecular complexity index is 894. The van der Waals surface area contributed by atoms with Crippen molar-refractivity contribution in [2.75, 3.05) is 13.6 Å². The molecule has 2 heterocycles. The van der Waals surface area contributed by atoms with Gasteiger partial charge in [0.25, 0.3) is 0 Å². The van der Waals surface area contributed by atoms with Gasteiger partial charge in [0.05, 0.1) is 18.4 Å². The van der Waals surface area contributed by atoms with Crippen LogP contribution in [0.25, 0.3) is 5.69 Å². The van der Waals surface area contributed by atoms with Crippen molar-refractivity contribution in [3.63, 3.8) is 0 Å². The van der Waals surface area contributed by atoms with Crippen molar-refractivity contribution in [3.05, 3.63) is 78.1 Å². The van der Waals surface area contributed by atoms with Crippen molar-refractivity contribution < 1.29 is 4.74 Å². The van der Waals surface area contributed by atoms with Gasteiger partial charge in [-0.25, -0.2) is 4.68 Å². The molecule has 1 aliphatic rings. The van der Waals surface area contributed by atoms with Gasteiger partial charge in [-0.2, -0.15) is 5.10 Å². The highest BCUT2D eigenvalue weighted by molar-refractivity contribution is 5.79. The van der Waals surface area contributed by atoms with Crippen LogP contribution in [0.2, 0.25) is 0 Å². The number of benzene rings is 2. The van der Waals surface area contributed by atoms with Crippen LogP contribution in [0.15, 0.2) is 72.0 Å². The third kappa shape index (κ3) is 4.11. The van der Waals surface area contributed by atoms with Crippen LogP contribution >= 0.6 is 0 Å². The summed E-state index contributed by atoms with van der Waals surface area (Å²) in [6, 6.07) is 18.3. The Morgan fingerprint density at radius 2 is 1.96 bits per heavy atom. The van der Waals surface area contributed by atoms with Crippen LogP contribution in [0.4, 0.5) is 0 Å². The Morgan fingerprint density at radius 3 is 2.78 bits per heavy atom. The maximum atomic E-state index is 5.96. The molecule has 138 valence electrons. The first-order valence-corrected chi connectivity index (χ1v) is 9.10. The molecular weight excluding hydrogens is 338 g/mol. The average molecular weight is 361 g/mol. The summed E-state index contributed by atoms with van der Waals surface area (Å²) in [5.74, 6) is 1.74. The molecule has 0 bridgehead atoms. The van der Waals surface area contributed by atoms with E-state index >= 15 is 0 Å². The number of fused-ring (bicyclic) bond motifs is 1. The summed E-state index contributed by atoms with van der Waals surface area (Å²) >= 11 is 0. The number of nitrogens with zero attached hydrogens (tertiary/aromatic N) is 3. The molecule has 0 saturated carbocycles. The highest BCUT2D eigenvalue weighted by atomic mass is 16.5. The first kappa shape index (κ1) is 17.1. The summed E-state index contributed by atoms with van der Waals surface area (Å²) in [4.78, 5) is 4.29. The van der Waals surface area contributed by atoms with Crippen molar-refractivity contribution in [2.45, 2.75) is 19.1 Å². The van der Waals surface area contributed by atoms with Crippen molar-refractivity contribution in [3.8, 4) is 11.4 Å². The van der Waals surface area contributed by atoms with E-state index in [0.717, 1.165) is 29.4 Å². The molecule has 6 nitrogen and oxygen atoms in total. The molecule has 0 amide bonds. The molecule has 0 aliphatic carbocycles. The van der Waals surface area contributed by atoms with Gasteiger partial charge >= 0.3 is 0 Å². The van der Waals surface area contributed by atoms with Gasteiger partial charge in [-0.3, -0.25) is 4.99 Å². The number of ether oxygens (including phenoxy) is 1. The smallest absolute Gasteiger partial charge is 0.191 e. The fraction of sp³-hybridized carbons (Fsp3) is 0.238. The molecule has 1 aliphatic heterocycles. The summed E-state index contributed by atoms with van der Waals surface area (Å²) in [5, 5.41) is 11.1. The summed E-state index contributed by atoms with van der Waals surface area (Å²) < 4.78 is 7.83. The number of para-hydroxylation sites is 2. The van der Waals surface area contributed by atoms with Crippen LogP contribution in [0.1, 0.15) is 11.1 Å².